The van der Waals surface area contributed by atoms with Gasteiger partial charge in [0.1, 0.15) is 11.5 Å². The number of hydrogen-bond donors (Lipinski definition) is 2. The number of nitrogens with one attached hydrogen (secondary N) is 1. The molecular weight excluding hydrogens is 350 g/mol. The first-order valence-corrected chi connectivity index (χ1v) is 8.31. The molecule has 7 heteroatoms. The highest BCUT2D eigenvalue weighted by Crippen LogP contribution is 2.22. The van der Waals surface area contributed by atoms with Gasteiger partial charge in [-0.1, -0.05) is 0 Å². The molecule has 0 unspecified atom stereocenters. The van der Waals surface area contributed by atoms with Gasteiger partial charge in [-0.2, -0.15) is 0 Å². The normalized spacial score (nSPS) is 10.1. The van der Waals surface area contributed by atoms with Crippen LogP contribution in [0, 0.1) is 6.92 Å². The molecule has 0 radical (unpaired) electrons. The van der Waals surface area contributed by atoms with Gasteiger partial charge >= 0.3 is 5.97 Å². The fraction of sp³-hybridized carbons (Fsp3) is 0.250. The lowest BCUT2D eigenvalue weighted by molar-refractivity contribution is -0.139. The van der Waals surface area contributed by atoms with Crippen LogP contribution in [0.1, 0.15) is 28.8 Å². The van der Waals surface area contributed by atoms with Crippen molar-refractivity contribution in [1.82, 2.24) is 0 Å². The standard InChI is InChI=1S/C20H21NO6/c1-13-11-16(27-12-20(24)25)7-8-17(13)21-19(23)10-9-18(22)14-3-5-15(26-2)6-4-14/h3-8,11H,9-10,12H2,1-2H3,(H,21,23)(H,24,25). The van der Waals surface area contributed by atoms with E-state index in [1.54, 1.807) is 56.5 Å². The zero-order valence-electron chi connectivity index (χ0n) is 15.2. The average Bonchev–Trinajstić information content (AvgIpc) is 2.66. The second kappa shape index (κ2) is 9.38. The van der Waals surface area contributed by atoms with Gasteiger partial charge in [-0.3, -0.25) is 9.59 Å². The minimum atomic E-state index is -1.06. The minimum Gasteiger partial charge on any atom is -0.497 e. The Labute approximate surface area is 156 Å². The minimum absolute atomic E-state index is 0.0571. The maximum atomic E-state index is 12.2. The molecule has 2 aromatic rings. The number of aryl methyl sites for hydroxylation is 1. The average molecular weight is 371 g/mol. The number of ketones is 1. The molecule has 7 nitrogen and oxygen atoms in total. The van der Waals surface area contributed by atoms with Gasteiger partial charge in [-0.05, 0) is 55.0 Å². The molecule has 0 aliphatic heterocycles. The Kier molecular flexibility index (Phi) is 6.93. The number of benzene rings is 2. The molecule has 0 aliphatic rings. The van der Waals surface area contributed by atoms with Crippen molar-refractivity contribution in [3.8, 4) is 11.5 Å². The first-order chi connectivity index (χ1) is 12.9. The van der Waals surface area contributed by atoms with E-state index >= 15 is 0 Å². The number of carboxylic acids is 1. The SMILES string of the molecule is COc1ccc(C(=O)CCC(=O)Nc2ccc(OCC(=O)O)cc2C)cc1. The van der Waals surface area contributed by atoms with Crippen LogP contribution in [0.2, 0.25) is 0 Å². The molecule has 0 saturated carbocycles. The number of methoxy groups -OCH3 is 1. The van der Waals surface area contributed by atoms with Crippen molar-refractivity contribution < 1.29 is 29.0 Å². The maximum absolute atomic E-state index is 12.2. The third-order valence-electron chi connectivity index (χ3n) is 3.83. The van der Waals surface area contributed by atoms with Crippen LogP contribution in [0.3, 0.4) is 0 Å². The Morgan fingerprint density at radius 1 is 1.00 bits per heavy atom. The van der Waals surface area contributed by atoms with Crippen LogP contribution in [0.15, 0.2) is 42.5 Å². The van der Waals surface area contributed by atoms with Crippen molar-refractivity contribution in [2.24, 2.45) is 0 Å². The molecule has 2 rings (SSSR count). The van der Waals surface area contributed by atoms with E-state index in [0.29, 0.717) is 22.7 Å². The zero-order valence-corrected chi connectivity index (χ0v) is 15.2. The Balaban J connectivity index is 1.87. The lowest BCUT2D eigenvalue weighted by Crippen LogP contribution is -2.14. The van der Waals surface area contributed by atoms with E-state index in [1.807, 2.05) is 0 Å². The fourth-order valence-corrected chi connectivity index (χ4v) is 2.37. The molecule has 0 bridgehead atoms. The van der Waals surface area contributed by atoms with E-state index in [2.05, 4.69) is 5.32 Å². The molecule has 0 heterocycles. The Morgan fingerprint density at radius 3 is 2.26 bits per heavy atom. The largest absolute Gasteiger partial charge is 0.497 e. The predicted octanol–water partition coefficient (Wildman–Crippen LogP) is 3.07. The first-order valence-electron chi connectivity index (χ1n) is 8.31. The summed E-state index contributed by atoms with van der Waals surface area (Å²) in [6.45, 7) is 1.34. The number of amides is 1. The smallest absolute Gasteiger partial charge is 0.341 e. The number of Topliss-reactive ketones (excluding diaryl/α,β-unsaturated/α-hetero) is 1. The second-order valence-corrected chi connectivity index (χ2v) is 5.86. The van der Waals surface area contributed by atoms with Gasteiger partial charge in [0.25, 0.3) is 0 Å². The molecule has 0 spiro atoms. The van der Waals surface area contributed by atoms with Gasteiger partial charge in [0.15, 0.2) is 12.4 Å². The van der Waals surface area contributed by atoms with E-state index in [1.165, 1.54) is 0 Å². The predicted molar refractivity (Wildman–Crippen MR) is 99.5 cm³/mol. The Hall–Kier alpha value is -3.35. The third kappa shape index (κ3) is 6.14. The number of anilines is 1. The molecular formula is C20H21NO6. The molecule has 0 atom stereocenters. The highest BCUT2D eigenvalue weighted by atomic mass is 16.5. The van der Waals surface area contributed by atoms with Gasteiger partial charge in [-0.15, -0.1) is 0 Å². The van der Waals surface area contributed by atoms with Crippen molar-refractivity contribution in [1.29, 1.82) is 0 Å². The lowest BCUT2D eigenvalue weighted by Gasteiger charge is -2.10. The summed E-state index contributed by atoms with van der Waals surface area (Å²) in [5.74, 6) is -0.397. The van der Waals surface area contributed by atoms with E-state index in [0.717, 1.165) is 5.56 Å². The zero-order chi connectivity index (χ0) is 19.8. The van der Waals surface area contributed by atoms with Gasteiger partial charge in [-0.25, -0.2) is 4.79 Å². The number of carbonyl (C=O) groups excluding carboxylic acids is 2. The third-order valence-corrected chi connectivity index (χ3v) is 3.83. The molecule has 0 saturated heterocycles. The quantitative estimate of drug-likeness (QED) is 0.657. The summed E-state index contributed by atoms with van der Waals surface area (Å²) in [5.41, 5.74) is 1.84. The van der Waals surface area contributed by atoms with Crippen LogP contribution < -0.4 is 14.8 Å². The molecule has 0 fully saturated rings. The van der Waals surface area contributed by atoms with Crippen LogP contribution >= 0.6 is 0 Å². The van der Waals surface area contributed by atoms with Crippen LogP contribution in [-0.2, 0) is 9.59 Å². The van der Waals surface area contributed by atoms with E-state index in [9.17, 15) is 14.4 Å². The monoisotopic (exact) mass is 371 g/mol. The Morgan fingerprint density at radius 2 is 1.67 bits per heavy atom. The molecule has 0 aromatic heterocycles. The molecule has 0 aliphatic carbocycles. The van der Waals surface area contributed by atoms with Crippen molar-refractivity contribution in [2.45, 2.75) is 19.8 Å². The second-order valence-electron chi connectivity index (χ2n) is 5.86. The maximum Gasteiger partial charge on any atom is 0.341 e. The fourth-order valence-electron chi connectivity index (χ4n) is 2.37. The number of hydrogen-bond acceptors (Lipinski definition) is 5. The molecule has 2 aromatic carbocycles. The summed E-state index contributed by atoms with van der Waals surface area (Å²) in [4.78, 5) is 34.8. The van der Waals surface area contributed by atoms with Crippen LogP contribution in [0.5, 0.6) is 11.5 Å². The van der Waals surface area contributed by atoms with Gasteiger partial charge < -0.3 is 19.9 Å². The number of aliphatic carboxylic acids is 1. The van der Waals surface area contributed by atoms with Crippen molar-refractivity contribution in [2.75, 3.05) is 19.0 Å². The molecule has 1 amide bonds. The van der Waals surface area contributed by atoms with Gasteiger partial charge in [0.2, 0.25) is 5.91 Å². The van der Waals surface area contributed by atoms with Crippen LogP contribution in [-0.4, -0.2) is 36.5 Å². The highest BCUT2D eigenvalue weighted by Gasteiger charge is 2.11. The summed E-state index contributed by atoms with van der Waals surface area (Å²) in [5, 5.41) is 11.4. The Bertz CT molecular complexity index is 829. The van der Waals surface area contributed by atoms with Crippen molar-refractivity contribution >= 4 is 23.3 Å². The molecule has 27 heavy (non-hydrogen) atoms. The van der Waals surface area contributed by atoms with Crippen molar-refractivity contribution in [3.05, 3.63) is 53.6 Å². The summed E-state index contributed by atoms with van der Waals surface area (Å²) < 4.78 is 10.1. The van der Waals surface area contributed by atoms with Crippen LogP contribution in [0.25, 0.3) is 0 Å². The summed E-state index contributed by atoms with van der Waals surface area (Å²) in [7, 11) is 1.55. The summed E-state index contributed by atoms with van der Waals surface area (Å²) in [6, 6.07) is 11.6. The van der Waals surface area contributed by atoms with E-state index < -0.39 is 12.6 Å². The number of ether oxygens (including phenoxy) is 2. The first kappa shape index (κ1) is 20.0. The van der Waals surface area contributed by atoms with Gasteiger partial charge in [0.05, 0.1) is 7.11 Å². The van der Waals surface area contributed by atoms with E-state index in [-0.39, 0.29) is 24.5 Å². The number of carbonyl (C=O) groups is 3. The molecule has 2 N–H and O–H groups in total. The van der Waals surface area contributed by atoms with Crippen LogP contribution in [0.4, 0.5) is 5.69 Å². The van der Waals surface area contributed by atoms with E-state index in [4.69, 9.17) is 14.6 Å². The number of carboxylic acid groups (broad SMARTS) is 1. The van der Waals surface area contributed by atoms with Crippen molar-refractivity contribution in [3.63, 3.8) is 0 Å². The lowest BCUT2D eigenvalue weighted by atomic mass is 10.1. The molecule has 142 valence electrons. The highest BCUT2D eigenvalue weighted by molar-refractivity contribution is 6.00. The summed E-state index contributed by atoms with van der Waals surface area (Å²) >= 11 is 0. The van der Waals surface area contributed by atoms with Gasteiger partial charge in [0, 0.05) is 24.1 Å². The summed E-state index contributed by atoms with van der Waals surface area (Å²) in [6.07, 6.45) is 0.151. The number of rotatable bonds is 9. The topological polar surface area (TPSA) is 102 Å².